The van der Waals surface area contributed by atoms with Crippen LogP contribution in [-0.4, -0.2) is 586 Å². The van der Waals surface area contributed by atoms with Gasteiger partial charge >= 0.3 is 0 Å². The van der Waals surface area contributed by atoms with Gasteiger partial charge in [-0.25, -0.2) is 0 Å². The Hall–Kier alpha value is -4.16. The van der Waals surface area contributed by atoms with Crippen LogP contribution in [0, 0.1) is 0 Å². The van der Waals surface area contributed by atoms with Gasteiger partial charge in [0.15, 0.2) is 62.9 Å². The second-order valence-electron chi connectivity index (χ2n) is 33.6. The Morgan fingerprint density at radius 3 is 0.865 bits per heavy atom. The molecule has 0 bridgehead atoms. The van der Waals surface area contributed by atoms with Crippen LogP contribution in [0.15, 0.2) is 0 Å². The SMILES string of the molecule is CC(=O)N[C@H]1[C@H](OC[C@H]2O[C@@H](O[C@@H]([C@H](O)[C@@H](O)CO)[C@H](O)CO)[C@H](O)[C@@H](O[C@@H]3O[C@H](CO)[C@@H](O[C@@H]4O[C@H](CO[C@@H]5O[C@H](CO)[C@@H](O[C@@H]6O[C@H](CO)[C@H](O)[C@H](O)[C@H]6O)[C@H](O)[C@H]5NC(C)=O)[C@H](O)[C@H](O[C@@H]5O[C@H](CO)[C@@H](O[C@@H]6O[C@H](CO)[C@H](O)[C@H](O)[C@H]6O[C@@H]6O[C@@H](C)[C@@H](O)[C@@H](O)[C@@H]6O)[C@H](O)[C@H]5NC(C)=O)[C@H]4O)[C@H](O)[C@H]3NC(C)=O)[C@H]2O)O[C@H](CO)[C@@H](O[C@@H]2O[C@H](CO)[C@H](O)[C@H](O)[C@H]2O)[C@@H]1O. The number of carbonyl (C=O) groups is 4. The summed E-state index contributed by atoms with van der Waals surface area (Å²) in [5.74, 6) is -3.99. The molecule has 59 nitrogen and oxygen atoms in total. The largest absolute Gasteiger partial charge is 0.394 e. The molecular formula is C74H126N4O55. The van der Waals surface area contributed by atoms with Crippen molar-refractivity contribution < 1.29 is 272 Å². The third kappa shape index (κ3) is 25.1. The smallest absolute Gasteiger partial charge is 0.217 e. The number of rotatable bonds is 38. The lowest BCUT2D eigenvalue weighted by Gasteiger charge is -2.51. The van der Waals surface area contributed by atoms with E-state index in [9.17, 15) is 177 Å². The van der Waals surface area contributed by atoms with Gasteiger partial charge in [-0.1, -0.05) is 0 Å². The van der Waals surface area contributed by atoms with Crippen molar-refractivity contribution >= 4 is 23.6 Å². The summed E-state index contributed by atoms with van der Waals surface area (Å²) in [5, 5.41) is 353. The number of hydrogen-bond acceptors (Lipinski definition) is 55. The Kier molecular flexibility index (Phi) is 40.8. The first-order valence-electron chi connectivity index (χ1n) is 42.4. The van der Waals surface area contributed by atoms with Gasteiger partial charge in [-0.3, -0.25) is 19.2 Å². The maximum atomic E-state index is 13.5. The van der Waals surface area contributed by atoms with Crippen LogP contribution in [0.5, 0.6) is 0 Å². The summed E-state index contributed by atoms with van der Waals surface area (Å²) < 4.78 is 119. The van der Waals surface area contributed by atoms with Gasteiger partial charge in [-0.05, 0) is 6.92 Å². The Labute approximate surface area is 753 Å². The van der Waals surface area contributed by atoms with Crippen LogP contribution in [0.1, 0.15) is 34.6 Å². The third-order valence-corrected chi connectivity index (χ3v) is 24.2. The molecule has 133 heavy (non-hydrogen) atoms. The minimum absolute atomic E-state index is 0.852. The molecule has 35 N–H and O–H groups in total. The lowest BCUT2D eigenvalue weighted by atomic mass is 9.93. The van der Waals surface area contributed by atoms with Crippen LogP contribution in [0.3, 0.4) is 0 Å². The standard InChI is InChI=1S/C74H126N4O55/c1-17-37(94)48(105)52(109)69(116-17)133-64-51(108)41(98)26(10-83)119-74(64)130-61-30(14-87)123-68(36(47(61)104)78-21(5)91)132-63-43(100)32(16-115-66-34(76-19(3)89)45(102)59(28(12-85)121-66)128-71-54(111)50(107)40(97)25(9-82)118-71)125-73(56(63)113)129-60-29(13-86)122-67(35(46(60)103)77-20(4)90)131-62-42(99)31(124-72(55(62)112)126-57(23(93)7-80)38(95)22(92)6-79)15-114-65-33(75-18(2)88)44(101)58(27(11-84)120-65)127-70-53(110)49(106)39(96)24(8-81)117-70/h17,22-74,79-87,92-113H,6-16H2,1-5H3,(H,75,88)(H,76,89)(H,77,90)(H,78,91)/t17-,22-,23+,24+,25+,26+,27+,28+,29+,30+,31+,32+,33+,34+,35+,36+,37+,38+,39-,40-,41-,42-,43-,44+,45+,46+,47+,48+,49-,50-,51-,52-,53+,54+,55+,56+,57+,58+,59+,60+,61+,62-,63-,64+,65+,66+,67-,68-,69-,70-,71-,72-,73-,74-/m0/s1. The van der Waals surface area contributed by atoms with E-state index in [1.54, 1.807) is 0 Å². The maximum Gasteiger partial charge on any atom is 0.217 e. The lowest BCUT2D eigenvalue weighted by molar-refractivity contribution is -0.393. The van der Waals surface area contributed by atoms with Crippen LogP contribution in [0.2, 0.25) is 0 Å². The Morgan fingerprint density at radius 2 is 0.519 bits per heavy atom. The number of nitrogens with one attached hydrogen (secondary N) is 4. The minimum atomic E-state index is -2.62. The second-order valence-corrected chi connectivity index (χ2v) is 33.6. The molecule has 0 aromatic rings. The van der Waals surface area contributed by atoms with E-state index in [0.717, 1.165) is 27.7 Å². The third-order valence-electron chi connectivity index (χ3n) is 24.2. The molecule has 0 aromatic carbocycles. The topological polar surface area (TPSA) is 928 Å². The average molecular weight is 1950 g/mol. The zero-order valence-corrected chi connectivity index (χ0v) is 71.6. The number of ether oxygens (including phenoxy) is 20. The van der Waals surface area contributed by atoms with Crippen molar-refractivity contribution in [2.24, 2.45) is 0 Å². The van der Waals surface area contributed by atoms with E-state index in [0.29, 0.717) is 0 Å². The van der Waals surface area contributed by atoms with Crippen molar-refractivity contribution in [3.63, 3.8) is 0 Å². The van der Waals surface area contributed by atoms with Crippen LogP contribution in [0.25, 0.3) is 0 Å². The fourth-order valence-corrected chi connectivity index (χ4v) is 16.9. The van der Waals surface area contributed by atoms with Crippen molar-refractivity contribution in [2.75, 3.05) is 72.7 Å². The summed E-state index contributed by atoms with van der Waals surface area (Å²) in [6, 6.07) is -8.01. The molecule has 10 fully saturated rings. The molecule has 0 unspecified atom stereocenters. The molecule has 10 aliphatic heterocycles. The highest BCUT2D eigenvalue weighted by atomic mass is 16.8. The summed E-state index contributed by atoms with van der Waals surface area (Å²) in [4.78, 5) is 52.6. The zero-order valence-electron chi connectivity index (χ0n) is 71.6. The second kappa shape index (κ2) is 49.0. The van der Waals surface area contributed by atoms with Gasteiger partial charge in [0, 0.05) is 27.7 Å². The van der Waals surface area contributed by atoms with Crippen molar-refractivity contribution in [1.82, 2.24) is 21.3 Å². The highest BCUT2D eigenvalue weighted by Gasteiger charge is 2.62. The van der Waals surface area contributed by atoms with Crippen LogP contribution in [-0.2, 0) is 114 Å². The molecule has 0 aliphatic carbocycles. The Bertz CT molecular complexity index is 3580. The van der Waals surface area contributed by atoms with Gasteiger partial charge in [-0.2, -0.15) is 0 Å². The summed E-state index contributed by atoms with van der Waals surface area (Å²) in [6.45, 7) is -7.82. The van der Waals surface area contributed by atoms with Gasteiger partial charge in [0.2, 0.25) is 23.6 Å². The summed E-state index contributed by atoms with van der Waals surface area (Å²) in [7, 11) is 0. The molecule has 10 rings (SSSR count). The molecular weight excluding hydrogens is 1820 g/mol. The van der Waals surface area contributed by atoms with Crippen molar-refractivity contribution in [2.45, 2.75) is 366 Å². The minimum Gasteiger partial charge on any atom is -0.394 e. The molecule has 0 saturated carbocycles. The van der Waals surface area contributed by atoms with Gasteiger partial charge in [-0.15, -0.1) is 0 Å². The molecule has 4 amide bonds. The zero-order chi connectivity index (χ0) is 98.2. The molecule has 0 spiro atoms. The van der Waals surface area contributed by atoms with E-state index in [1.807, 2.05) is 0 Å². The normalized spacial score (nSPS) is 47.6. The van der Waals surface area contributed by atoms with Gasteiger partial charge in [0.25, 0.3) is 0 Å². The lowest BCUT2D eigenvalue weighted by Crippen LogP contribution is -2.71. The molecule has 772 valence electrons. The maximum absolute atomic E-state index is 13.5. The van der Waals surface area contributed by atoms with E-state index >= 15 is 0 Å². The average Bonchev–Trinajstić information content (AvgIpc) is 0.535. The van der Waals surface area contributed by atoms with E-state index in [2.05, 4.69) is 21.3 Å². The molecule has 0 aromatic heterocycles. The number of hydrogen-bond donors (Lipinski definition) is 35. The Balaban J connectivity index is 0.968. The molecule has 0 radical (unpaired) electrons. The van der Waals surface area contributed by atoms with Crippen molar-refractivity contribution in [3.8, 4) is 0 Å². The molecule has 10 heterocycles. The Morgan fingerprint density at radius 1 is 0.256 bits per heavy atom. The van der Waals surface area contributed by atoms with Crippen molar-refractivity contribution in [1.29, 1.82) is 0 Å². The first kappa shape index (κ1) is 111. The fraction of sp³-hybridized carbons (Fsp3) is 0.946. The first-order valence-corrected chi connectivity index (χ1v) is 42.4. The number of aliphatic hydroxyl groups excluding tert-OH is 31. The van der Waals surface area contributed by atoms with Crippen LogP contribution < -0.4 is 21.3 Å². The van der Waals surface area contributed by atoms with E-state index in [1.165, 1.54) is 6.92 Å². The molecule has 10 saturated heterocycles. The van der Waals surface area contributed by atoms with Gasteiger partial charge in [0.05, 0.1) is 78.8 Å². The quantitative estimate of drug-likeness (QED) is 0.0273. The van der Waals surface area contributed by atoms with Gasteiger partial charge in [0.1, 0.15) is 262 Å². The molecule has 59 heteroatoms. The van der Waals surface area contributed by atoms with E-state index in [4.69, 9.17) is 94.7 Å². The van der Waals surface area contributed by atoms with E-state index in [-0.39, 0.29) is 0 Å². The highest BCUT2D eigenvalue weighted by Crippen LogP contribution is 2.41. The first-order chi connectivity index (χ1) is 62.9. The monoisotopic (exact) mass is 1950 g/mol. The predicted octanol–water partition coefficient (Wildman–Crippen LogP) is -23.7. The molecule has 10 aliphatic rings. The highest BCUT2D eigenvalue weighted by molar-refractivity contribution is 5.74. The van der Waals surface area contributed by atoms with Crippen molar-refractivity contribution in [3.05, 3.63) is 0 Å². The van der Waals surface area contributed by atoms with E-state index < -0.39 is 428 Å². The summed E-state index contributed by atoms with van der Waals surface area (Å²) in [6.07, 6.45) is -106. The number of carbonyl (C=O) groups excluding carboxylic acids is 4. The predicted molar refractivity (Wildman–Crippen MR) is 410 cm³/mol. The summed E-state index contributed by atoms with van der Waals surface area (Å²) in [5.41, 5.74) is 0. The summed E-state index contributed by atoms with van der Waals surface area (Å²) >= 11 is 0. The van der Waals surface area contributed by atoms with Crippen LogP contribution in [0.4, 0.5) is 0 Å². The number of aliphatic hydroxyl groups is 31. The molecule has 54 atom stereocenters. The number of amides is 4. The van der Waals surface area contributed by atoms with Crippen LogP contribution >= 0.6 is 0 Å². The fourth-order valence-electron chi connectivity index (χ4n) is 16.9. The van der Waals surface area contributed by atoms with Gasteiger partial charge < -0.3 is 274 Å².